The van der Waals surface area contributed by atoms with Gasteiger partial charge >= 0.3 is 0 Å². The molecule has 0 N–H and O–H groups in total. The molecule has 2 aromatic rings. The molecule has 0 radical (unpaired) electrons. The smallest absolute Gasteiger partial charge is 0.0634 e. The Morgan fingerprint density at radius 3 is 2.47 bits per heavy atom. The minimum absolute atomic E-state index is 0.260. The summed E-state index contributed by atoms with van der Waals surface area (Å²) in [5.41, 5.74) is 3.16. The van der Waals surface area contributed by atoms with Crippen LogP contribution in [0.1, 0.15) is 16.8 Å². The van der Waals surface area contributed by atoms with Crippen molar-refractivity contribution in [3.63, 3.8) is 0 Å². The maximum atomic E-state index is 6.25. The second-order valence-electron chi connectivity index (χ2n) is 5.07. The van der Waals surface area contributed by atoms with Crippen LogP contribution in [0.25, 0.3) is 0 Å². The Morgan fingerprint density at radius 1 is 1.21 bits per heavy atom. The van der Waals surface area contributed by atoms with E-state index in [1.54, 1.807) is 4.68 Å². The highest BCUT2D eigenvalue weighted by molar-refractivity contribution is 6.22. The first-order chi connectivity index (χ1) is 9.09. The van der Waals surface area contributed by atoms with E-state index in [0.29, 0.717) is 11.8 Å². The van der Waals surface area contributed by atoms with Gasteiger partial charge in [-0.15, -0.1) is 23.2 Å². The molecule has 4 heteroatoms. The molecule has 0 bridgehead atoms. The molecule has 0 fully saturated rings. The Kier molecular flexibility index (Phi) is 4.54. The fourth-order valence-electron chi connectivity index (χ4n) is 2.27. The van der Waals surface area contributed by atoms with Crippen LogP contribution in [0.15, 0.2) is 36.5 Å². The van der Waals surface area contributed by atoms with Gasteiger partial charge in [0.25, 0.3) is 0 Å². The van der Waals surface area contributed by atoms with Crippen LogP contribution in [0.5, 0.6) is 0 Å². The summed E-state index contributed by atoms with van der Waals surface area (Å²) in [5, 5.41) is 4.44. The van der Waals surface area contributed by atoms with Crippen molar-refractivity contribution in [2.24, 2.45) is 7.05 Å². The van der Waals surface area contributed by atoms with Crippen molar-refractivity contribution in [3.8, 4) is 0 Å². The Hall–Kier alpha value is -0.990. The molecule has 2 rings (SSSR count). The molecular formula is C15H18Cl2N2. The van der Waals surface area contributed by atoms with Gasteiger partial charge in [0.15, 0.2) is 0 Å². The molecule has 1 aromatic carbocycles. The molecule has 0 amide bonds. The largest absolute Gasteiger partial charge is 0.276 e. The summed E-state index contributed by atoms with van der Waals surface area (Å²) in [5.74, 6) is 0.965. The second kappa shape index (κ2) is 5.98. The maximum Gasteiger partial charge on any atom is 0.0634 e. The third kappa shape index (κ3) is 3.13. The van der Waals surface area contributed by atoms with Gasteiger partial charge in [0.05, 0.1) is 5.69 Å². The number of nitrogens with zero attached hydrogens (tertiary/aromatic N) is 2. The van der Waals surface area contributed by atoms with E-state index in [9.17, 15) is 0 Å². The molecule has 0 aliphatic rings. The summed E-state index contributed by atoms with van der Waals surface area (Å²) in [6, 6.07) is 10.4. The number of benzene rings is 1. The van der Waals surface area contributed by atoms with Crippen LogP contribution < -0.4 is 0 Å². The first kappa shape index (κ1) is 14.4. The van der Waals surface area contributed by atoms with Crippen LogP contribution in [0.4, 0.5) is 0 Å². The number of hydrogen-bond acceptors (Lipinski definition) is 1. The van der Waals surface area contributed by atoms with Gasteiger partial charge in [0, 0.05) is 36.8 Å². The summed E-state index contributed by atoms with van der Waals surface area (Å²) in [7, 11) is 1.92. The topological polar surface area (TPSA) is 17.8 Å². The van der Waals surface area contributed by atoms with Gasteiger partial charge < -0.3 is 0 Å². The average molecular weight is 297 g/mol. The van der Waals surface area contributed by atoms with E-state index < -0.39 is 0 Å². The highest BCUT2D eigenvalue weighted by Gasteiger charge is 2.32. The Balaban J connectivity index is 2.37. The van der Waals surface area contributed by atoms with Gasteiger partial charge in [-0.05, 0) is 18.6 Å². The van der Waals surface area contributed by atoms with Crippen molar-refractivity contribution < 1.29 is 0 Å². The summed E-state index contributed by atoms with van der Waals surface area (Å²) in [4.78, 5) is 0. The SMILES string of the molecule is Cc1cccc(C(CCl)(CCl)Cc2ccn(C)n2)c1. The zero-order valence-electron chi connectivity index (χ0n) is 11.2. The fourth-order valence-corrected chi connectivity index (χ4v) is 3.05. The Bertz CT molecular complexity index is 545. The van der Waals surface area contributed by atoms with Crippen molar-refractivity contribution in [1.29, 1.82) is 0 Å². The van der Waals surface area contributed by atoms with E-state index >= 15 is 0 Å². The quantitative estimate of drug-likeness (QED) is 0.770. The lowest BCUT2D eigenvalue weighted by Gasteiger charge is -2.29. The number of hydrogen-bond donors (Lipinski definition) is 0. The highest BCUT2D eigenvalue weighted by atomic mass is 35.5. The molecule has 0 unspecified atom stereocenters. The van der Waals surface area contributed by atoms with E-state index in [-0.39, 0.29) is 5.41 Å². The first-order valence-corrected chi connectivity index (χ1v) is 7.34. The van der Waals surface area contributed by atoms with Crippen molar-refractivity contribution in [2.75, 3.05) is 11.8 Å². The van der Waals surface area contributed by atoms with E-state index in [1.165, 1.54) is 11.1 Å². The van der Waals surface area contributed by atoms with Crippen LogP contribution in [0, 0.1) is 6.92 Å². The Morgan fingerprint density at radius 2 is 1.95 bits per heavy atom. The predicted molar refractivity (Wildman–Crippen MR) is 81.2 cm³/mol. The summed E-state index contributed by atoms with van der Waals surface area (Å²) < 4.78 is 1.80. The lowest BCUT2D eigenvalue weighted by atomic mass is 9.79. The molecular weight excluding hydrogens is 279 g/mol. The van der Waals surface area contributed by atoms with E-state index in [4.69, 9.17) is 23.2 Å². The monoisotopic (exact) mass is 296 g/mol. The number of halogens is 2. The van der Waals surface area contributed by atoms with Crippen molar-refractivity contribution in [2.45, 2.75) is 18.8 Å². The van der Waals surface area contributed by atoms with E-state index in [1.807, 2.05) is 19.3 Å². The molecule has 0 saturated heterocycles. The number of alkyl halides is 2. The van der Waals surface area contributed by atoms with Crippen LogP contribution in [0.2, 0.25) is 0 Å². The van der Waals surface area contributed by atoms with Crippen LogP contribution >= 0.6 is 23.2 Å². The third-order valence-electron chi connectivity index (χ3n) is 3.43. The highest BCUT2D eigenvalue weighted by Crippen LogP contribution is 2.31. The van der Waals surface area contributed by atoms with E-state index in [2.05, 4.69) is 36.3 Å². The fraction of sp³-hybridized carbons (Fsp3) is 0.400. The van der Waals surface area contributed by atoms with Gasteiger partial charge in [-0.25, -0.2) is 0 Å². The number of aryl methyl sites for hydroxylation is 2. The molecule has 19 heavy (non-hydrogen) atoms. The molecule has 0 aliphatic heterocycles. The number of rotatable bonds is 5. The van der Waals surface area contributed by atoms with Crippen LogP contribution in [-0.2, 0) is 18.9 Å². The zero-order chi connectivity index (χ0) is 13.9. The number of aromatic nitrogens is 2. The molecule has 2 nitrogen and oxygen atoms in total. The molecule has 1 aromatic heterocycles. The van der Waals surface area contributed by atoms with Gasteiger partial charge in [0.1, 0.15) is 0 Å². The summed E-state index contributed by atoms with van der Waals surface area (Å²) >= 11 is 12.5. The lowest BCUT2D eigenvalue weighted by Crippen LogP contribution is -2.33. The van der Waals surface area contributed by atoms with Gasteiger partial charge in [-0.2, -0.15) is 5.10 Å². The molecule has 0 saturated carbocycles. The minimum Gasteiger partial charge on any atom is -0.276 e. The van der Waals surface area contributed by atoms with Crippen molar-refractivity contribution in [1.82, 2.24) is 9.78 Å². The normalized spacial score (nSPS) is 11.8. The predicted octanol–water partition coefficient (Wildman–Crippen LogP) is 3.69. The average Bonchev–Trinajstić information content (AvgIpc) is 2.81. The minimum atomic E-state index is -0.260. The summed E-state index contributed by atoms with van der Waals surface area (Å²) in [6.07, 6.45) is 2.70. The summed E-state index contributed by atoms with van der Waals surface area (Å²) in [6.45, 7) is 2.08. The van der Waals surface area contributed by atoms with Gasteiger partial charge in [0.2, 0.25) is 0 Å². The molecule has 1 heterocycles. The third-order valence-corrected chi connectivity index (χ3v) is 4.45. The Labute approximate surface area is 124 Å². The van der Waals surface area contributed by atoms with Crippen LogP contribution in [0.3, 0.4) is 0 Å². The van der Waals surface area contributed by atoms with Gasteiger partial charge in [-0.1, -0.05) is 29.8 Å². The molecule has 102 valence electrons. The van der Waals surface area contributed by atoms with E-state index in [0.717, 1.165) is 12.1 Å². The molecule has 0 aliphatic carbocycles. The molecule has 0 spiro atoms. The second-order valence-corrected chi connectivity index (χ2v) is 5.61. The zero-order valence-corrected chi connectivity index (χ0v) is 12.7. The van der Waals surface area contributed by atoms with Crippen molar-refractivity contribution in [3.05, 3.63) is 53.3 Å². The standard InChI is InChI=1S/C15H18Cl2N2/c1-12-4-3-5-13(8-12)15(10-16,11-17)9-14-6-7-19(2)18-14/h3-8H,9-11H2,1-2H3. The first-order valence-electron chi connectivity index (χ1n) is 6.27. The molecule has 0 atom stereocenters. The maximum absolute atomic E-state index is 6.25. The van der Waals surface area contributed by atoms with Gasteiger partial charge in [-0.3, -0.25) is 4.68 Å². The lowest BCUT2D eigenvalue weighted by molar-refractivity contribution is 0.523. The van der Waals surface area contributed by atoms with Crippen molar-refractivity contribution >= 4 is 23.2 Å². The van der Waals surface area contributed by atoms with Crippen LogP contribution in [-0.4, -0.2) is 21.5 Å².